The van der Waals surface area contributed by atoms with E-state index in [1.807, 2.05) is 0 Å². The van der Waals surface area contributed by atoms with Crippen molar-refractivity contribution in [2.75, 3.05) is 39.8 Å². The van der Waals surface area contributed by atoms with Crippen molar-refractivity contribution in [2.24, 2.45) is 5.92 Å². The number of likely N-dealkylation sites (N-methyl/N-ethyl adjacent to an activating group) is 2. The summed E-state index contributed by atoms with van der Waals surface area (Å²) in [6.07, 6.45) is 5.40. The third kappa shape index (κ3) is 7.05. The summed E-state index contributed by atoms with van der Waals surface area (Å²) in [6, 6.07) is 1.45. The van der Waals surface area contributed by atoms with Crippen molar-refractivity contribution in [3.8, 4) is 0 Å². The fraction of sp³-hybridized carbons (Fsp3) is 1.00. The number of likely N-dealkylation sites (tertiary alicyclic amines) is 1. The highest BCUT2D eigenvalue weighted by Gasteiger charge is 2.23. The molecule has 0 bridgehead atoms. The van der Waals surface area contributed by atoms with Gasteiger partial charge >= 0.3 is 0 Å². The molecule has 1 fully saturated rings. The third-order valence-corrected chi connectivity index (χ3v) is 4.59. The predicted octanol–water partition coefficient (Wildman–Crippen LogP) is 2.82. The molecule has 1 aliphatic rings. The molecule has 1 aliphatic heterocycles. The Labute approximate surface area is 127 Å². The van der Waals surface area contributed by atoms with Gasteiger partial charge in [0, 0.05) is 31.7 Å². The average molecular weight is 284 g/mol. The molecule has 0 amide bonds. The van der Waals surface area contributed by atoms with Crippen LogP contribution in [0.15, 0.2) is 0 Å². The van der Waals surface area contributed by atoms with Gasteiger partial charge in [-0.15, -0.1) is 0 Å². The van der Waals surface area contributed by atoms with Gasteiger partial charge in [-0.3, -0.25) is 4.90 Å². The summed E-state index contributed by atoms with van der Waals surface area (Å²) >= 11 is 0. The molecule has 0 aromatic carbocycles. The van der Waals surface area contributed by atoms with Crippen LogP contribution in [0.4, 0.5) is 0 Å². The zero-order valence-corrected chi connectivity index (χ0v) is 14.5. The summed E-state index contributed by atoms with van der Waals surface area (Å²) in [5.41, 5.74) is 0. The summed E-state index contributed by atoms with van der Waals surface area (Å²) in [6.45, 7) is 15.3. The average Bonchev–Trinajstić information content (AvgIpc) is 2.83. The van der Waals surface area contributed by atoms with Crippen LogP contribution in [0.3, 0.4) is 0 Å². The summed E-state index contributed by atoms with van der Waals surface area (Å²) in [5.74, 6) is 0.823. The van der Waals surface area contributed by atoms with Gasteiger partial charge in [-0.05, 0) is 58.7 Å². The maximum Gasteiger partial charge on any atom is 0.0223 e. The molecule has 0 aromatic heterocycles. The molecule has 3 heteroatoms. The Hall–Kier alpha value is -0.120. The monoisotopic (exact) mass is 283 g/mol. The van der Waals surface area contributed by atoms with E-state index in [0.717, 1.165) is 18.5 Å². The van der Waals surface area contributed by atoms with E-state index in [1.54, 1.807) is 0 Å². The zero-order chi connectivity index (χ0) is 15.0. The molecule has 1 rings (SSSR count). The lowest BCUT2D eigenvalue weighted by atomic mass is 10.0. The highest BCUT2D eigenvalue weighted by molar-refractivity contribution is 4.80. The number of hydrogen-bond acceptors (Lipinski definition) is 3. The normalized spacial score (nSPS) is 22.1. The van der Waals surface area contributed by atoms with E-state index in [0.29, 0.717) is 6.04 Å². The van der Waals surface area contributed by atoms with Crippen LogP contribution >= 0.6 is 0 Å². The van der Waals surface area contributed by atoms with E-state index in [2.05, 4.69) is 49.9 Å². The highest BCUT2D eigenvalue weighted by Crippen LogP contribution is 2.17. The fourth-order valence-electron chi connectivity index (χ4n) is 3.16. The first-order chi connectivity index (χ1) is 9.52. The molecular weight excluding hydrogens is 246 g/mol. The van der Waals surface area contributed by atoms with Gasteiger partial charge in [0.2, 0.25) is 0 Å². The number of hydrogen-bond donors (Lipinski definition) is 1. The van der Waals surface area contributed by atoms with E-state index >= 15 is 0 Å². The van der Waals surface area contributed by atoms with Crippen LogP contribution in [0.2, 0.25) is 0 Å². The minimum absolute atomic E-state index is 0.657. The molecule has 0 aromatic rings. The highest BCUT2D eigenvalue weighted by atomic mass is 15.2. The molecule has 2 atom stereocenters. The van der Waals surface area contributed by atoms with Gasteiger partial charge in [0.15, 0.2) is 0 Å². The van der Waals surface area contributed by atoms with Gasteiger partial charge in [0.25, 0.3) is 0 Å². The SMILES string of the molecule is CCN1CCCC1CN(C)CCNC(C)CCC(C)C. The minimum atomic E-state index is 0.657. The van der Waals surface area contributed by atoms with Crippen molar-refractivity contribution in [1.82, 2.24) is 15.1 Å². The van der Waals surface area contributed by atoms with Gasteiger partial charge in [-0.1, -0.05) is 20.8 Å². The van der Waals surface area contributed by atoms with Crippen molar-refractivity contribution in [2.45, 2.75) is 65.5 Å². The van der Waals surface area contributed by atoms with E-state index < -0.39 is 0 Å². The van der Waals surface area contributed by atoms with Crippen LogP contribution in [0, 0.1) is 5.92 Å². The smallest absolute Gasteiger partial charge is 0.0223 e. The van der Waals surface area contributed by atoms with Gasteiger partial charge in [-0.25, -0.2) is 0 Å². The molecule has 2 unspecified atom stereocenters. The van der Waals surface area contributed by atoms with Crippen LogP contribution in [0.5, 0.6) is 0 Å². The summed E-state index contributed by atoms with van der Waals surface area (Å²) in [5, 5.41) is 3.66. The maximum absolute atomic E-state index is 3.66. The molecule has 1 saturated heterocycles. The summed E-state index contributed by atoms with van der Waals surface area (Å²) < 4.78 is 0. The number of nitrogens with zero attached hydrogens (tertiary/aromatic N) is 2. The molecule has 1 heterocycles. The maximum atomic E-state index is 3.66. The van der Waals surface area contributed by atoms with Gasteiger partial charge in [-0.2, -0.15) is 0 Å². The second-order valence-corrected chi connectivity index (χ2v) is 7.01. The first-order valence-electron chi connectivity index (χ1n) is 8.68. The van der Waals surface area contributed by atoms with E-state index in [4.69, 9.17) is 0 Å². The molecule has 0 aliphatic carbocycles. The van der Waals surface area contributed by atoms with Crippen LogP contribution in [0.25, 0.3) is 0 Å². The molecule has 120 valence electrons. The lowest BCUT2D eigenvalue weighted by molar-refractivity contribution is 0.198. The number of rotatable bonds is 10. The Morgan fingerprint density at radius 2 is 2.00 bits per heavy atom. The molecular formula is C17H37N3. The van der Waals surface area contributed by atoms with Gasteiger partial charge < -0.3 is 10.2 Å². The topological polar surface area (TPSA) is 18.5 Å². The molecule has 20 heavy (non-hydrogen) atoms. The quantitative estimate of drug-likeness (QED) is 0.665. The first-order valence-corrected chi connectivity index (χ1v) is 8.68. The van der Waals surface area contributed by atoms with Crippen LogP contribution in [0.1, 0.15) is 53.4 Å². The molecule has 0 radical (unpaired) electrons. The van der Waals surface area contributed by atoms with Crippen molar-refractivity contribution >= 4 is 0 Å². The first kappa shape index (κ1) is 17.9. The lowest BCUT2D eigenvalue weighted by Gasteiger charge is -2.28. The molecule has 1 N–H and O–H groups in total. The molecule has 0 spiro atoms. The largest absolute Gasteiger partial charge is 0.313 e. The fourth-order valence-corrected chi connectivity index (χ4v) is 3.16. The van der Waals surface area contributed by atoms with Crippen molar-refractivity contribution in [3.05, 3.63) is 0 Å². The van der Waals surface area contributed by atoms with Crippen LogP contribution < -0.4 is 5.32 Å². The Morgan fingerprint density at radius 1 is 1.25 bits per heavy atom. The van der Waals surface area contributed by atoms with Crippen molar-refractivity contribution in [3.63, 3.8) is 0 Å². The van der Waals surface area contributed by atoms with Crippen LogP contribution in [-0.2, 0) is 0 Å². The van der Waals surface area contributed by atoms with Gasteiger partial charge in [0.05, 0.1) is 0 Å². The second-order valence-electron chi connectivity index (χ2n) is 7.01. The summed E-state index contributed by atoms with van der Waals surface area (Å²) in [7, 11) is 2.27. The van der Waals surface area contributed by atoms with Crippen molar-refractivity contribution < 1.29 is 0 Å². The van der Waals surface area contributed by atoms with E-state index in [-0.39, 0.29) is 0 Å². The lowest BCUT2D eigenvalue weighted by Crippen LogP contribution is -2.41. The standard InChI is InChI=1S/C17H37N3/c1-6-20-12-7-8-17(20)14-19(5)13-11-18-16(4)10-9-15(2)3/h15-18H,6-14H2,1-5H3. The summed E-state index contributed by atoms with van der Waals surface area (Å²) in [4.78, 5) is 5.13. The molecule has 0 saturated carbocycles. The number of nitrogens with one attached hydrogen (secondary N) is 1. The Morgan fingerprint density at radius 3 is 2.65 bits per heavy atom. The predicted molar refractivity (Wildman–Crippen MR) is 89.3 cm³/mol. The van der Waals surface area contributed by atoms with E-state index in [9.17, 15) is 0 Å². The Kier molecular flexibility index (Phi) is 8.74. The third-order valence-electron chi connectivity index (χ3n) is 4.59. The Bertz CT molecular complexity index is 242. The van der Waals surface area contributed by atoms with Crippen molar-refractivity contribution in [1.29, 1.82) is 0 Å². The van der Waals surface area contributed by atoms with Gasteiger partial charge in [0.1, 0.15) is 0 Å². The van der Waals surface area contributed by atoms with Crippen LogP contribution in [-0.4, -0.2) is 61.7 Å². The second kappa shape index (κ2) is 9.75. The minimum Gasteiger partial charge on any atom is -0.313 e. The van der Waals surface area contributed by atoms with E-state index in [1.165, 1.54) is 51.9 Å². The zero-order valence-electron chi connectivity index (χ0n) is 14.5. The molecule has 3 nitrogen and oxygen atoms in total. The Balaban J connectivity index is 2.09.